The van der Waals surface area contributed by atoms with Crippen molar-refractivity contribution in [2.45, 2.75) is 51.1 Å². The van der Waals surface area contributed by atoms with Gasteiger partial charge in [-0.15, -0.1) is 0 Å². The quantitative estimate of drug-likeness (QED) is 0.662. The van der Waals surface area contributed by atoms with Crippen LogP contribution < -0.4 is 10.6 Å². The van der Waals surface area contributed by atoms with Gasteiger partial charge in [0.2, 0.25) is 5.91 Å². The standard InChI is InChI=1S/C12H24N2O2/c1-9-5-4-6-12(7-9,8-15)14-11(16)10(2)13-3/h9-10,13,15H,4-8H2,1-3H3,(H,14,16). The molecule has 3 unspecified atom stereocenters. The molecule has 1 aliphatic rings. The van der Waals surface area contributed by atoms with Crippen LogP contribution in [-0.2, 0) is 4.79 Å². The Morgan fingerprint density at radius 2 is 2.31 bits per heavy atom. The van der Waals surface area contributed by atoms with Crippen LogP contribution in [0, 0.1) is 5.92 Å². The maximum Gasteiger partial charge on any atom is 0.237 e. The maximum atomic E-state index is 11.8. The van der Waals surface area contributed by atoms with Gasteiger partial charge in [0, 0.05) is 0 Å². The highest BCUT2D eigenvalue weighted by Gasteiger charge is 2.36. The van der Waals surface area contributed by atoms with Crippen molar-refractivity contribution in [3.05, 3.63) is 0 Å². The van der Waals surface area contributed by atoms with Crippen LogP contribution in [0.15, 0.2) is 0 Å². The van der Waals surface area contributed by atoms with E-state index < -0.39 is 0 Å². The molecule has 4 nitrogen and oxygen atoms in total. The average Bonchev–Trinajstić information content (AvgIpc) is 2.27. The van der Waals surface area contributed by atoms with Gasteiger partial charge in [0.15, 0.2) is 0 Å². The average molecular weight is 228 g/mol. The fourth-order valence-corrected chi connectivity index (χ4v) is 2.46. The third kappa shape index (κ3) is 3.19. The molecular weight excluding hydrogens is 204 g/mol. The van der Waals surface area contributed by atoms with Crippen LogP contribution in [0.4, 0.5) is 0 Å². The molecule has 1 rings (SSSR count). The molecule has 1 fully saturated rings. The summed E-state index contributed by atoms with van der Waals surface area (Å²) in [5.74, 6) is 0.553. The molecule has 0 bridgehead atoms. The van der Waals surface area contributed by atoms with Crippen LogP contribution in [0.2, 0.25) is 0 Å². The molecule has 1 amide bonds. The van der Waals surface area contributed by atoms with E-state index in [-0.39, 0.29) is 24.1 Å². The number of amides is 1. The molecule has 94 valence electrons. The summed E-state index contributed by atoms with van der Waals surface area (Å²) < 4.78 is 0. The highest BCUT2D eigenvalue weighted by atomic mass is 16.3. The summed E-state index contributed by atoms with van der Waals surface area (Å²) in [5.41, 5.74) is -0.389. The van der Waals surface area contributed by atoms with Crippen molar-refractivity contribution in [2.24, 2.45) is 5.92 Å². The molecule has 4 heteroatoms. The smallest absolute Gasteiger partial charge is 0.237 e. The third-order valence-electron chi connectivity index (χ3n) is 3.61. The summed E-state index contributed by atoms with van der Waals surface area (Å²) in [6.45, 7) is 4.05. The van der Waals surface area contributed by atoms with Crippen LogP contribution in [-0.4, -0.2) is 36.2 Å². The van der Waals surface area contributed by atoms with E-state index in [0.29, 0.717) is 5.92 Å². The predicted octanol–water partition coefficient (Wildman–Crippen LogP) is 0.652. The van der Waals surface area contributed by atoms with Gasteiger partial charge in [0.05, 0.1) is 18.2 Å². The van der Waals surface area contributed by atoms with Gasteiger partial charge < -0.3 is 15.7 Å². The van der Waals surface area contributed by atoms with E-state index in [1.54, 1.807) is 7.05 Å². The Morgan fingerprint density at radius 3 is 2.81 bits per heavy atom. The molecule has 0 spiro atoms. The van der Waals surface area contributed by atoms with Crippen LogP contribution in [0.5, 0.6) is 0 Å². The summed E-state index contributed by atoms with van der Waals surface area (Å²) in [7, 11) is 1.76. The van der Waals surface area contributed by atoms with Crippen molar-refractivity contribution in [3.8, 4) is 0 Å². The van der Waals surface area contributed by atoms with E-state index in [4.69, 9.17) is 0 Å². The number of carbonyl (C=O) groups is 1. The van der Waals surface area contributed by atoms with Gasteiger partial charge in [-0.1, -0.05) is 19.8 Å². The van der Waals surface area contributed by atoms with Gasteiger partial charge in [-0.25, -0.2) is 0 Å². The minimum Gasteiger partial charge on any atom is -0.394 e. The lowest BCUT2D eigenvalue weighted by Gasteiger charge is -2.40. The van der Waals surface area contributed by atoms with E-state index in [2.05, 4.69) is 17.6 Å². The van der Waals surface area contributed by atoms with Crippen molar-refractivity contribution in [1.29, 1.82) is 0 Å². The Labute approximate surface area is 97.8 Å². The van der Waals surface area contributed by atoms with Gasteiger partial charge in [-0.05, 0) is 32.7 Å². The molecule has 3 atom stereocenters. The SMILES string of the molecule is CNC(C)C(=O)NC1(CO)CCCC(C)C1. The molecule has 0 heterocycles. The number of nitrogens with one attached hydrogen (secondary N) is 2. The van der Waals surface area contributed by atoms with Crippen molar-refractivity contribution >= 4 is 5.91 Å². The Bertz CT molecular complexity index is 245. The zero-order valence-corrected chi connectivity index (χ0v) is 10.5. The lowest BCUT2D eigenvalue weighted by atomic mass is 9.76. The Morgan fingerprint density at radius 1 is 1.62 bits per heavy atom. The second kappa shape index (κ2) is 5.64. The lowest BCUT2D eigenvalue weighted by molar-refractivity contribution is -0.126. The Hall–Kier alpha value is -0.610. The largest absolute Gasteiger partial charge is 0.394 e. The summed E-state index contributed by atoms with van der Waals surface area (Å²) in [4.78, 5) is 11.8. The molecule has 3 N–H and O–H groups in total. The van der Waals surface area contributed by atoms with E-state index in [1.165, 1.54) is 6.42 Å². The predicted molar refractivity (Wildman–Crippen MR) is 64.1 cm³/mol. The van der Waals surface area contributed by atoms with Crippen LogP contribution in [0.3, 0.4) is 0 Å². The number of rotatable bonds is 4. The van der Waals surface area contributed by atoms with Crippen molar-refractivity contribution in [1.82, 2.24) is 10.6 Å². The maximum absolute atomic E-state index is 11.8. The molecule has 0 aromatic heterocycles. The number of aliphatic hydroxyl groups is 1. The molecule has 0 saturated heterocycles. The van der Waals surface area contributed by atoms with E-state index >= 15 is 0 Å². The highest BCUT2D eigenvalue weighted by Crippen LogP contribution is 2.31. The van der Waals surface area contributed by atoms with Gasteiger partial charge in [-0.3, -0.25) is 4.79 Å². The lowest BCUT2D eigenvalue weighted by Crippen LogP contribution is -2.57. The number of carbonyl (C=O) groups excluding carboxylic acids is 1. The minimum atomic E-state index is -0.389. The molecule has 1 saturated carbocycles. The molecule has 0 aliphatic heterocycles. The normalized spacial score (nSPS) is 32.1. The van der Waals surface area contributed by atoms with E-state index in [9.17, 15) is 9.90 Å². The van der Waals surface area contributed by atoms with E-state index in [0.717, 1.165) is 19.3 Å². The summed E-state index contributed by atoms with van der Waals surface area (Å²) in [6.07, 6.45) is 4.04. The summed E-state index contributed by atoms with van der Waals surface area (Å²) >= 11 is 0. The first kappa shape index (κ1) is 13.5. The summed E-state index contributed by atoms with van der Waals surface area (Å²) in [5, 5.41) is 15.5. The first-order valence-electron chi connectivity index (χ1n) is 6.13. The van der Waals surface area contributed by atoms with Crippen molar-refractivity contribution in [3.63, 3.8) is 0 Å². The van der Waals surface area contributed by atoms with Crippen LogP contribution in [0.25, 0.3) is 0 Å². The van der Waals surface area contributed by atoms with Gasteiger partial charge in [0.25, 0.3) is 0 Å². The molecule has 0 aromatic carbocycles. The zero-order chi connectivity index (χ0) is 12.2. The molecule has 1 aliphatic carbocycles. The third-order valence-corrected chi connectivity index (χ3v) is 3.61. The van der Waals surface area contributed by atoms with Crippen molar-refractivity contribution < 1.29 is 9.90 Å². The van der Waals surface area contributed by atoms with Crippen LogP contribution >= 0.6 is 0 Å². The fraction of sp³-hybridized carbons (Fsp3) is 0.917. The van der Waals surface area contributed by atoms with Gasteiger partial charge in [0.1, 0.15) is 0 Å². The van der Waals surface area contributed by atoms with Crippen LogP contribution in [0.1, 0.15) is 39.5 Å². The monoisotopic (exact) mass is 228 g/mol. The Balaban J connectivity index is 2.62. The second-order valence-corrected chi connectivity index (χ2v) is 5.14. The first-order valence-corrected chi connectivity index (χ1v) is 6.13. The van der Waals surface area contributed by atoms with Gasteiger partial charge in [-0.2, -0.15) is 0 Å². The Kier molecular flexibility index (Phi) is 4.74. The van der Waals surface area contributed by atoms with Crippen molar-refractivity contribution in [2.75, 3.05) is 13.7 Å². The molecular formula is C12H24N2O2. The number of likely N-dealkylation sites (N-methyl/N-ethyl adjacent to an activating group) is 1. The number of hydrogen-bond acceptors (Lipinski definition) is 3. The fourth-order valence-electron chi connectivity index (χ4n) is 2.46. The zero-order valence-electron chi connectivity index (χ0n) is 10.5. The van der Waals surface area contributed by atoms with E-state index in [1.807, 2.05) is 6.92 Å². The first-order chi connectivity index (χ1) is 7.53. The minimum absolute atomic E-state index is 0.0225. The van der Waals surface area contributed by atoms with Gasteiger partial charge >= 0.3 is 0 Å². The number of hydrogen-bond donors (Lipinski definition) is 3. The molecule has 0 radical (unpaired) electrons. The molecule has 0 aromatic rings. The highest BCUT2D eigenvalue weighted by molar-refractivity contribution is 5.82. The molecule has 16 heavy (non-hydrogen) atoms. The second-order valence-electron chi connectivity index (χ2n) is 5.14. The number of aliphatic hydroxyl groups excluding tert-OH is 1. The topological polar surface area (TPSA) is 61.4 Å². The summed E-state index contributed by atoms with van der Waals surface area (Å²) in [6, 6.07) is -0.208.